The van der Waals surface area contributed by atoms with Gasteiger partial charge in [0.1, 0.15) is 5.69 Å². The second-order valence-corrected chi connectivity index (χ2v) is 8.21. The molecule has 0 fully saturated rings. The van der Waals surface area contributed by atoms with E-state index in [-0.39, 0.29) is 17.2 Å². The molecule has 4 aromatic rings. The number of anilines is 2. The van der Waals surface area contributed by atoms with Crippen molar-refractivity contribution in [2.24, 2.45) is 0 Å². The second-order valence-electron chi connectivity index (χ2n) is 6.89. The third kappa shape index (κ3) is 5.78. The molecule has 2 N–H and O–H groups in total. The number of aromatic nitrogens is 2. The van der Waals surface area contributed by atoms with Crippen LogP contribution in [0.4, 0.5) is 11.4 Å². The van der Waals surface area contributed by atoms with Gasteiger partial charge in [0.25, 0.3) is 11.5 Å². The molecule has 3 aromatic carbocycles. The van der Waals surface area contributed by atoms with Gasteiger partial charge in [-0.15, -0.1) is 0 Å². The van der Waals surface area contributed by atoms with Crippen LogP contribution < -0.4 is 15.6 Å². The van der Waals surface area contributed by atoms with Gasteiger partial charge in [0.2, 0.25) is 0 Å². The maximum atomic E-state index is 12.7. The molecule has 1 heterocycles. The number of carbonyl (C=O) groups is 1. The number of hydrogen-bond acceptors (Lipinski definition) is 5. The number of nitrogens with one attached hydrogen (secondary N) is 2. The summed E-state index contributed by atoms with van der Waals surface area (Å²) in [6.45, 7) is 0.295. The zero-order valence-electron chi connectivity index (χ0n) is 16.9. The Balaban J connectivity index is 1.43. The summed E-state index contributed by atoms with van der Waals surface area (Å²) in [6, 6.07) is 27.1. The van der Waals surface area contributed by atoms with E-state index in [4.69, 9.17) is 11.6 Å². The maximum Gasteiger partial charge on any atom is 0.276 e. The first-order chi connectivity index (χ1) is 15.6. The van der Waals surface area contributed by atoms with Crippen LogP contribution in [0, 0.1) is 0 Å². The number of amides is 1. The van der Waals surface area contributed by atoms with Gasteiger partial charge in [0, 0.05) is 27.4 Å². The van der Waals surface area contributed by atoms with Crippen molar-refractivity contribution in [3.8, 4) is 0 Å². The molecule has 0 saturated carbocycles. The molecule has 0 unspecified atom stereocenters. The monoisotopic (exact) mass is 462 g/mol. The molecule has 0 saturated heterocycles. The van der Waals surface area contributed by atoms with E-state index in [0.717, 1.165) is 16.1 Å². The Kier molecular flexibility index (Phi) is 6.89. The van der Waals surface area contributed by atoms with E-state index in [0.29, 0.717) is 17.3 Å². The molecule has 0 aliphatic carbocycles. The highest BCUT2D eigenvalue weighted by atomic mass is 35.5. The van der Waals surface area contributed by atoms with Crippen LogP contribution in [-0.4, -0.2) is 15.7 Å². The summed E-state index contributed by atoms with van der Waals surface area (Å²) in [5.41, 5.74) is 2.37. The zero-order chi connectivity index (χ0) is 22.3. The maximum absolute atomic E-state index is 12.7. The Bertz CT molecular complexity index is 1280. The lowest BCUT2D eigenvalue weighted by molar-refractivity contribution is 0.102. The molecule has 4 rings (SSSR count). The summed E-state index contributed by atoms with van der Waals surface area (Å²) in [4.78, 5) is 25.8. The van der Waals surface area contributed by atoms with Crippen molar-refractivity contribution in [1.82, 2.24) is 9.78 Å². The van der Waals surface area contributed by atoms with Crippen molar-refractivity contribution in [2.45, 2.75) is 11.4 Å². The van der Waals surface area contributed by atoms with E-state index in [1.54, 1.807) is 6.07 Å². The molecule has 0 spiro atoms. The van der Waals surface area contributed by atoms with Gasteiger partial charge in [0.05, 0.1) is 6.54 Å². The van der Waals surface area contributed by atoms with Crippen LogP contribution in [0.5, 0.6) is 0 Å². The van der Waals surface area contributed by atoms with Crippen molar-refractivity contribution in [2.75, 3.05) is 10.0 Å². The van der Waals surface area contributed by atoms with Crippen LogP contribution in [0.25, 0.3) is 0 Å². The normalized spacial score (nSPS) is 10.5. The molecule has 6 nitrogen and oxygen atoms in total. The molecule has 0 aliphatic heterocycles. The van der Waals surface area contributed by atoms with Crippen LogP contribution in [0.1, 0.15) is 16.1 Å². The quantitative estimate of drug-likeness (QED) is 0.364. The van der Waals surface area contributed by atoms with E-state index in [9.17, 15) is 9.59 Å². The number of carbonyl (C=O) groups excluding carboxylic acids is 1. The van der Waals surface area contributed by atoms with Crippen LogP contribution >= 0.6 is 23.5 Å². The first-order valence-electron chi connectivity index (χ1n) is 9.79. The molecule has 160 valence electrons. The van der Waals surface area contributed by atoms with E-state index in [1.165, 1.54) is 28.8 Å². The molecule has 0 radical (unpaired) electrons. The van der Waals surface area contributed by atoms with Gasteiger partial charge in [-0.25, -0.2) is 4.68 Å². The highest BCUT2D eigenvalue weighted by Crippen LogP contribution is 2.24. The van der Waals surface area contributed by atoms with Crippen molar-refractivity contribution in [1.29, 1.82) is 0 Å². The minimum absolute atomic E-state index is 0.165. The van der Waals surface area contributed by atoms with Gasteiger partial charge in [0.15, 0.2) is 0 Å². The predicted octanol–water partition coefficient (Wildman–Crippen LogP) is 5.32. The first-order valence-corrected chi connectivity index (χ1v) is 11.0. The summed E-state index contributed by atoms with van der Waals surface area (Å²) >= 11 is 7.33. The third-order valence-corrected chi connectivity index (χ3v) is 5.58. The van der Waals surface area contributed by atoms with E-state index < -0.39 is 0 Å². The Morgan fingerprint density at radius 3 is 2.47 bits per heavy atom. The molecule has 0 atom stereocenters. The van der Waals surface area contributed by atoms with E-state index in [2.05, 4.69) is 15.1 Å². The highest BCUT2D eigenvalue weighted by Gasteiger charge is 2.11. The predicted molar refractivity (Wildman–Crippen MR) is 129 cm³/mol. The summed E-state index contributed by atoms with van der Waals surface area (Å²) < 4.78 is 4.52. The largest absolute Gasteiger partial charge is 0.326 e. The molecular formula is C24H19ClN4O2S. The van der Waals surface area contributed by atoms with Crippen molar-refractivity contribution >= 4 is 40.8 Å². The van der Waals surface area contributed by atoms with E-state index >= 15 is 0 Å². The average Bonchev–Trinajstić information content (AvgIpc) is 2.81. The van der Waals surface area contributed by atoms with Crippen LogP contribution in [0.3, 0.4) is 0 Å². The summed E-state index contributed by atoms with van der Waals surface area (Å²) in [5, 5.41) is 7.75. The first kappa shape index (κ1) is 21.7. The minimum Gasteiger partial charge on any atom is -0.326 e. The summed E-state index contributed by atoms with van der Waals surface area (Å²) in [7, 11) is 0. The Hall–Kier alpha value is -3.55. The smallest absolute Gasteiger partial charge is 0.276 e. The molecule has 32 heavy (non-hydrogen) atoms. The second kappa shape index (κ2) is 10.2. The number of halogens is 1. The number of benzene rings is 3. The van der Waals surface area contributed by atoms with Crippen LogP contribution in [0.2, 0.25) is 5.02 Å². The van der Waals surface area contributed by atoms with Gasteiger partial charge in [-0.3, -0.25) is 9.59 Å². The minimum atomic E-state index is -0.389. The lowest BCUT2D eigenvalue weighted by atomic mass is 10.2. The third-order valence-electron chi connectivity index (χ3n) is 4.50. The van der Waals surface area contributed by atoms with Crippen LogP contribution in [-0.2, 0) is 6.54 Å². The van der Waals surface area contributed by atoms with Gasteiger partial charge >= 0.3 is 0 Å². The Morgan fingerprint density at radius 2 is 1.69 bits per heavy atom. The van der Waals surface area contributed by atoms with Gasteiger partial charge in [-0.05, 0) is 66.0 Å². The molecule has 8 heteroatoms. The fourth-order valence-electron chi connectivity index (χ4n) is 2.91. The van der Waals surface area contributed by atoms with Gasteiger partial charge < -0.3 is 10.0 Å². The average molecular weight is 463 g/mol. The lowest BCUT2D eigenvalue weighted by Crippen LogP contribution is -2.26. The molecule has 0 aliphatic rings. The van der Waals surface area contributed by atoms with Crippen molar-refractivity contribution in [3.63, 3.8) is 0 Å². The van der Waals surface area contributed by atoms with Gasteiger partial charge in [-0.1, -0.05) is 48.0 Å². The fraction of sp³-hybridized carbons (Fsp3) is 0.0417. The Labute approximate surface area is 194 Å². The topological polar surface area (TPSA) is 76.0 Å². The SMILES string of the molecule is O=C(Nc1cccc(SNc2ccc(Cl)cc2)c1)c1ccc(=O)n(Cc2ccccc2)n1. The zero-order valence-corrected chi connectivity index (χ0v) is 18.4. The van der Waals surface area contributed by atoms with Gasteiger partial charge in [-0.2, -0.15) is 5.10 Å². The molecule has 1 amide bonds. The number of nitrogens with zero attached hydrogens (tertiary/aromatic N) is 2. The van der Waals surface area contributed by atoms with Crippen molar-refractivity contribution < 1.29 is 4.79 Å². The van der Waals surface area contributed by atoms with E-state index in [1.807, 2.05) is 72.8 Å². The fourth-order valence-corrected chi connectivity index (χ4v) is 3.74. The number of hydrogen-bond donors (Lipinski definition) is 2. The summed E-state index contributed by atoms with van der Waals surface area (Å²) in [5.74, 6) is -0.389. The summed E-state index contributed by atoms with van der Waals surface area (Å²) in [6.07, 6.45) is 0. The molecular weight excluding hydrogens is 444 g/mol. The lowest BCUT2D eigenvalue weighted by Gasteiger charge is -2.10. The standard InChI is InChI=1S/C24H19ClN4O2S/c25-18-9-11-19(12-10-18)28-32-21-8-4-7-20(15-21)26-24(31)22-13-14-23(30)29(27-22)16-17-5-2-1-3-6-17/h1-15,28H,16H2,(H,26,31). The number of rotatable bonds is 7. The highest BCUT2D eigenvalue weighted by molar-refractivity contribution is 8.00. The Morgan fingerprint density at radius 1 is 0.906 bits per heavy atom. The van der Waals surface area contributed by atoms with Crippen LogP contribution in [0.15, 0.2) is 101 Å². The molecule has 0 bridgehead atoms. The molecule has 1 aromatic heterocycles. The van der Waals surface area contributed by atoms with Crippen molar-refractivity contribution in [3.05, 3.63) is 118 Å².